The van der Waals surface area contributed by atoms with Gasteiger partial charge >= 0.3 is 6.03 Å². The van der Waals surface area contributed by atoms with Gasteiger partial charge in [0.15, 0.2) is 0 Å². The highest BCUT2D eigenvalue weighted by molar-refractivity contribution is 5.73. The van der Waals surface area contributed by atoms with Crippen LogP contribution in [0, 0.1) is 5.92 Å². The van der Waals surface area contributed by atoms with E-state index in [1.54, 1.807) is 7.05 Å². The number of carbonyl (C=O) groups excluding carboxylic acids is 1. The molecule has 0 spiro atoms. The van der Waals surface area contributed by atoms with Gasteiger partial charge in [0.25, 0.3) is 0 Å². The number of aliphatic hydroxyl groups is 1. The van der Waals surface area contributed by atoms with Gasteiger partial charge in [0.05, 0.1) is 6.61 Å². The maximum absolute atomic E-state index is 11.8. The molecule has 0 aromatic carbocycles. The minimum Gasteiger partial charge on any atom is -0.395 e. The number of amides is 2. The second kappa shape index (κ2) is 8.38. The van der Waals surface area contributed by atoms with Crippen molar-refractivity contribution >= 4 is 6.03 Å². The van der Waals surface area contributed by atoms with E-state index in [1.165, 1.54) is 37.0 Å². The van der Waals surface area contributed by atoms with E-state index >= 15 is 0 Å². The number of aliphatic hydroxyl groups excluding tert-OH is 1. The van der Waals surface area contributed by atoms with Gasteiger partial charge in [-0.2, -0.15) is 0 Å². The number of rotatable bonds is 6. The van der Waals surface area contributed by atoms with Crippen LogP contribution in [0.15, 0.2) is 0 Å². The second-order valence-corrected chi connectivity index (χ2v) is 5.76. The van der Waals surface area contributed by atoms with Crippen LogP contribution in [0.3, 0.4) is 0 Å². The molecule has 1 aliphatic rings. The lowest BCUT2D eigenvalue weighted by atomic mass is 9.83. The van der Waals surface area contributed by atoms with E-state index in [4.69, 9.17) is 5.11 Å². The molecule has 1 saturated carbocycles. The average molecular weight is 271 g/mol. The van der Waals surface area contributed by atoms with Crippen molar-refractivity contribution in [2.75, 3.05) is 40.8 Å². The predicted octanol–water partition coefficient (Wildman–Crippen LogP) is 1.13. The minimum absolute atomic E-state index is 0.00363. The average Bonchev–Trinajstić information content (AvgIpc) is 2.39. The fourth-order valence-corrected chi connectivity index (χ4v) is 2.87. The Bertz CT molecular complexity index is 265. The number of hydrogen-bond donors (Lipinski definition) is 2. The van der Waals surface area contributed by atoms with Crippen molar-refractivity contribution in [1.29, 1.82) is 0 Å². The van der Waals surface area contributed by atoms with Crippen molar-refractivity contribution in [3.8, 4) is 0 Å². The van der Waals surface area contributed by atoms with Gasteiger partial charge in [-0.05, 0) is 32.9 Å². The van der Waals surface area contributed by atoms with Crippen LogP contribution in [0.4, 0.5) is 4.79 Å². The van der Waals surface area contributed by atoms with Crippen molar-refractivity contribution in [1.82, 2.24) is 15.1 Å². The van der Waals surface area contributed by atoms with Gasteiger partial charge < -0.3 is 20.2 Å². The first-order valence-corrected chi connectivity index (χ1v) is 7.32. The molecule has 0 bridgehead atoms. The number of carbonyl (C=O) groups is 1. The normalized spacial score (nSPS) is 18.4. The molecule has 0 saturated heterocycles. The molecule has 0 aliphatic heterocycles. The quantitative estimate of drug-likeness (QED) is 0.761. The summed E-state index contributed by atoms with van der Waals surface area (Å²) in [6, 6.07) is 0.309. The van der Waals surface area contributed by atoms with Crippen molar-refractivity contribution < 1.29 is 9.90 Å². The molecule has 1 unspecified atom stereocenters. The summed E-state index contributed by atoms with van der Waals surface area (Å²) in [5.41, 5.74) is 0. The van der Waals surface area contributed by atoms with Gasteiger partial charge in [0.1, 0.15) is 0 Å². The zero-order valence-electron chi connectivity index (χ0n) is 12.6. The standard InChI is InChI=1S/C14H29N3O2/c1-16(2)13(12-7-5-4-6-8-12)11-15-14(19)17(3)9-10-18/h12-13,18H,4-11H2,1-3H3,(H,15,19). The number of hydrogen-bond acceptors (Lipinski definition) is 3. The third kappa shape index (κ3) is 5.37. The smallest absolute Gasteiger partial charge is 0.317 e. The lowest BCUT2D eigenvalue weighted by Gasteiger charge is -2.35. The highest BCUT2D eigenvalue weighted by Gasteiger charge is 2.25. The largest absolute Gasteiger partial charge is 0.395 e. The highest BCUT2D eigenvalue weighted by atomic mass is 16.3. The Morgan fingerprint density at radius 1 is 1.26 bits per heavy atom. The number of urea groups is 1. The maximum atomic E-state index is 11.8. The highest BCUT2D eigenvalue weighted by Crippen LogP contribution is 2.28. The van der Waals surface area contributed by atoms with E-state index in [0.717, 1.165) is 0 Å². The molecule has 1 rings (SSSR count). The number of nitrogens with zero attached hydrogens (tertiary/aromatic N) is 2. The van der Waals surface area contributed by atoms with Crippen LogP contribution < -0.4 is 5.32 Å². The summed E-state index contributed by atoms with van der Waals surface area (Å²) in [5, 5.41) is 11.8. The fourth-order valence-electron chi connectivity index (χ4n) is 2.87. The topological polar surface area (TPSA) is 55.8 Å². The zero-order valence-corrected chi connectivity index (χ0v) is 12.6. The molecule has 1 aliphatic carbocycles. The van der Waals surface area contributed by atoms with Crippen LogP contribution in [0.5, 0.6) is 0 Å². The maximum Gasteiger partial charge on any atom is 0.317 e. The molecule has 112 valence electrons. The fraction of sp³-hybridized carbons (Fsp3) is 0.929. The Morgan fingerprint density at radius 3 is 2.42 bits per heavy atom. The molecule has 5 nitrogen and oxygen atoms in total. The van der Waals surface area contributed by atoms with Crippen molar-refractivity contribution in [2.24, 2.45) is 5.92 Å². The van der Waals surface area contributed by atoms with Gasteiger partial charge in [-0.15, -0.1) is 0 Å². The first kappa shape index (κ1) is 16.2. The van der Waals surface area contributed by atoms with Gasteiger partial charge in [-0.1, -0.05) is 19.3 Å². The lowest BCUT2D eigenvalue weighted by molar-refractivity contribution is 0.157. The number of nitrogens with one attached hydrogen (secondary N) is 1. The molecule has 0 radical (unpaired) electrons. The SMILES string of the molecule is CN(CCO)C(=O)NCC(C1CCCCC1)N(C)C. The molecule has 1 atom stereocenters. The molecule has 0 aromatic rings. The molecule has 0 aromatic heterocycles. The third-order valence-corrected chi connectivity index (χ3v) is 4.10. The van der Waals surface area contributed by atoms with E-state index in [0.29, 0.717) is 25.0 Å². The van der Waals surface area contributed by atoms with Gasteiger partial charge in [0, 0.05) is 26.2 Å². The second-order valence-electron chi connectivity index (χ2n) is 5.76. The molecule has 19 heavy (non-hydrogen) atoms. The Hall–Kier alpha value is -0.810. The zero-order chi connectivity index (χ0) is 14.3. The summed E-state index contributed by atoms with van der Waals surface area (Å²) in [7, 11) is 5.88. The molecule has 0 heterocycles. The Morgan fingerprint density at radius 2 is 1.89 bits per heavy atom. The van der Waals surface area contributed by atoms with E-state index < -0.39 is 0 Å². The van der Waals surface area contributed by atoms with Crippen LogP contribution in [-0.4, -0.2) is 67.8 Å². The molecular formula is C14H29N3O2. The summed E-state index contributed by atoms with van der Waals surface area (Å²) < 4.78 is 0. The Kier molecular flexibility index (Phi) is 7.16. The van der Waals surface area contributed by atoms with E-state index in [-0.39, 0.29) is 12.6 Å². The summed E-state index contributed by atoms with van der Waals surface area (Å²) in [6.07, 6.45) is 6.51. The van der Waals surface area contributed by atoms with E-state index in [9.17, 15) is 4.79 Å². The third-order valence-electron chi connectivity index (χ3n) is 4.10. The monoisotopic (exact) mass is 271 g/mol. The van der Waals surface area contributed by atoms with Crippen LogP contribution in [0.2, 0.25) is 0 Å². The van der Waals surface area contributed by atoms with Crippen LogP contribution in [-0.2, 0) is 0 Å². The van der Waals surface area contributed by atoms with Gasteiger partial charge in [-0.25, -0.2) is 4.79 Å². The van der Waals surface area contributed by atoms with Crippen molar-refractivity contribution in [2.45, 2.75) is 38.1 Å². The van der Waals surface area contributed by atoms with Crippen molar-refractivity contribution in [3.63, 3.8) is 0 Å². The van der Waals surface area contributed by atoms with Gasteiger partial charge in [0.2, 0.25) is 0 Å². The molecule has 5 heteroatoms. The van der Waals surface area contributed by atoms with E-state index in [1.807, 2.05) is 0 Å². The summed E-state index contributed by atoms with van der Waals surface area (Å²) in [5.74, 6) is 0.687. The summed E-state index contributed by atoms with van der Waals surface area (Å²) in [6.45, 7) is 1.07. The predicted molar refractivity (Wildman–Crippen MR) is 77.2 cm³/mol. The van der Waals surface area contributed by atoms with Crippen LogP contribution >= 0.6 is 0 Å². The minimum atomic E-state index is -0.100. The van der Waals surface area contributed by atoms with E-state index in [2.05, 4.69) is 24.3 Å². The summed E-state index contributed by atoms with van der Waals surface area (Å²) in [4.78, 5) is 15.6. The van der Waals surface area contributed by atoms with Crippen LogP contribution in [0.25, 0.3) is 0 Å². The Labute approximate surface area is 117 Å². The van der Waals surface area contributed by atoms with Crippen molar-refractivity contribution in [3.05, 3.63) is 0 Å². The molecule has 2 amide bonds. The molecule has 1 fully saturated rings. The summed E-state index contributed by atoms with van der Waals surface area (Å²) >= 11 is 0. The first-order chi connectivity index (χ1) is 9.06. The number of likely N-dealkylation sites (N-methyl/N-ethyl adjacent to an activating group) is 2. The molecular weight excluding hydrogens is 242 g/mol. The first-order valence-electron chi connectivity index (χ1n) is 7.32. The van der Waals surface area contributed by atoms with Gasteiger partial charge in [-0.3, -0.25) is 0 Å². The lowest BCUT2D eigenvalue weighted by Crippen LogP contribution is -2.48. The van der Waals surface area contributed by atoms with Crippen LogP contribution in [0.1, 0.15) is 32.1 Å². The Balaban J connectivity index is 2.43. The molecule has 2 N–H and O–H groups in total.